The van der Waals surface area contributed by atoms with Gasteiger partial charge in [0.05, 0.1) is 75.5 Å². The molecular weight excluding hydrogens is 1680 g/mol. The minimum atomic E-state index is -6.27. The van der Waals surface area contributed by atoms with Crippen LogP contribution in [-0.4, -0.2) is 126 Å². The number of carbonyl (C=O) groups is 3. The van der Waals surface area contributed by atoms with Gasteiger partial charge in [0.1, 0.15) is 57.5 Å². The molecule has 0 saturated carbocycles. The highest BCUT2D eigenvalue weighted by molar-refractivity contribution is 7.88. The summed E-state index contributed by atoms with van der Waals surface area (Å²) in [5, 5.41) is 22.3. The second kappa shape index (κ2) is 40.4. The third-order valence-corrected chi connectivity index (χ3v) is 20.3. The average Bonchev–Trinajstić information content (AvgIpc) is 0.730. The van der Waals surface area contributed by atoms with Crippen molar-refractivity contribution >= 4 is 105 Å². The summed E-state index contributed by atoms with van der Waals surface area (Å²) in [5.41, 5.74) is -2.65. The van der Waals surface area contributed by atoms with Crippen LogP contribution in [0.2, 0.25) is 0 Å². The van der Waals surface area contributed by atoms with Gasteiger partial charge in [-0.05, 0) is 92.6 Å². The Labute approximate surface area is 724 Å². The Bertz CT molecular complexity index is 7180. The Morgan fingerprint density at radius 1 is 0.414 bits per heavy atom. The summed E-state index contributed by atoms with van der Waals surface area (Å²) < 4.78 is 85.4. The zero-order chi connectivity index (χ0) is 90.8. The first-order chi connectivity index (χ1) is 61.8. The molecule has 6 aromatic carbocycles. The SMILES string of the molecule is CCOC(=O)c1c(NCc2cncc3ccccc23)c2c(C)ncnc2n(OCc2ccccc2)c1=O.CCOC(=O)c1c(O)c2c(C)ncnc2n(OCc2ccccc2)c1=O.CCOC(=O)c1c(OS(=O)(=O)C(F)(F)F)c2c(C)ncnc2n(OCc2ccccc2)c1=O.Cc1ncnc2c1c(NCc1cncc3ccccc13)cc(=O)n2OCc1ccccc1. The molecule has 128 heavy (non-hydrogen) atoms. The molecule has 0 unspecified atom stereocenters. The molecule has 0 atom stereocenters. The van der Waals surface area contributed by atoms with E-state index in [4.69, 9.17) is 33.6 Å². The normalized spacial score (nSPS) is 11.2. The molecule has 0 spiro atoms. The Kier molecular flexibility index (Phi) is 28.3. The maximum absolute atomic E-state index is 13.7. The van der Waals surface area contributed by atoms with E-state index in [1.165, 1.54) is 43.6 Å². The van der Waals surface area contributed by atoms with Crippen LogP contribution in [0, 0.1) is 27.7 Å². The fourth-order valence-electron chi connectivity index (χ4n) is 13.3. The third-order valence-electron chi connectivity index (χ3n) is 19.4. The van der Waals surface area contributed by atoms with Crippen molar-refractivity contribution in [3.63, 3.8) is 0 Å². The molecule has 0 amide bonds. The van der Waals surface area contributed by atoms with Crippen molar-refractivity contribution in [1.29, 1.82) is 0 Å². The Morgan fingerprint density at radius 3 is 1.20 bits per heavy atom. The number of esters is 3. The van der Waals surface area contributed by atoms with Crippen molar-refractivity contribution in [1.82, 2.24) is 68.8 Å². The van der Waals surface area contributed by atoms with Crippen molar-refractivity contribution in [2.24, 2.45) is 0 Å². The standard InChI is InChI=1S/C28H25N5O4.C25H21N5O2.C19H16F3N3O7S.C18H17N3O5/c1-3-36-28(35)24-25(30-15-21-14-29-13-20-11-7-8-12-22(20)21)23-18(2)31-17-32-26(23)33(27(24)34)37-16-19-9-5-4-6-10-19;1-17-24-22(27-14-20-13-26-12-19-9-5-6-10-21(19)20)11-23(31)30(25(24)29-16-28-17)32-15-18-7-3-2-4-8-18;1-3-30-18(27)14-15(32-33(28,29)19(20,21)22)13-11(2)23-10-24-16(13)25(17(14)26)31-9-12-7-5-4-6-8-12;1-3-25-18(24)14-15(22)13-11(2)19-10-20-16(13)21(17(14)23)26-9-12-7-5-4-6-8-12/h4-14,17,30H,3,15-16H2,1-2H3;2-13,16,27H,14-15H2,1H3;4-8,10H,3,9H2,1-2H3;4-8,10,22H,3,9H2,1-2H3. The molecule has 10 aromatic heterocycles. The molecule has 10 heterocycles. The lowest BCUT2D eigenvalue weighted by Crippen LogP contribution is -2.35. The minimum Gasteiger partial charge on any atom is -0.506 e. The monoisotopic (exact) mass is 1760 g/mol. The van der Waals surface area contributed by atoms with E-state index in [-0.39, 0.29) is 79.7 Å². The van der Waals surface area contributed by atoms with Gasteiger partial charge in [0, 0.05) is 54.7 Å². The number of pyridine rings is 6. The lowest BCUT2D eigenvalue weighted by molar-refractivity contribution is -0.0500. The van der Waals surface area contributed by atoms with Gasteiger partial charge in [-0.1, -0.05) is 170 Å². The van der Waals surface area contributed by atoms with Gasteiger partial charge in [0.2, 0.25) is 0 Å². The number of halogens is 3. The number of ether oxygens (including phenoxy) is 3. The summed E-state index contributed by atoms with van der Waals surface area (Å²) >= 11 is 0. The predicted octanol–water partition coefficient (Wildman–Crippen LogP) is 11.7. The van der Waals surface area contributed by atoms with E-state index < -0.39 is 83.9 Å². The first-order valence-corrected chi connectivity index (χ1v) is 40.8. The van der Waals surface area contributed by atoms with Crippen LogP contribution in [-0.2, 0) is 63.8 Å². The van der Waals surface area contributed by atoms with E-state index in [1.807, 2.05) is 153 Å². The number of aryl methyl sites for hydroxylation is 4. The van der Waals surface area contributed by atoms with Gasteiger partial charge in [-0.15, -0.1) is 18.9 Å². The third kappa shape index (κ3) is 20.0. The molecule has 654 valence electrons. The topological polar surface area (TPSA) is 420 Å². The van der Waals surface area contributed by atoms with E-state index >= 15 is 0 Å². The number of hydrogen-bond donors (Lipinski definition) is 3. The Morgan fingerprint density at radius 2 is 0.758 bits per heavy atom. The van der Waals surface area contributed by atoms with E-state index in [9.17, 15) is 60.3 Å². The smallest absolute Gasteiger partial charge is 0.506 e. The van der Waals surface area contributed by atoms with Crippen LogP contribution in [0.15, 0.2) is 245 Å². The average molecular weight is 1760 g/mol. The highest BCUT2D eigenvalue weighted by Crippen LogP contribution is 2.36. The first-order valence-electron chi connectivity index (χ1n) is 39.4. The molecule has 0 aliphatic rings. The van der Waals surface area contributed by atoms with E-state index in [0.717, 1.165) is 76.2 Å². The second-order valence-corrected chi connectivity index (χ2v) is 29.3. The van der Waals surface area contributed by atoms with Crippen LogP contribution in [0.5, 0.6) is 11.5 Å². The quantitative estimate of drug-likeness (QED) is 0.0196. The molecule has 16 aromatic rings. The summed E-state index contributed by atoms with van der Waals surface area (Å²) in [6, 6.07) is 54.3. The van der Waals surface area contributed by atoms with Crippen molar-refractivity contribution < 1.29 is 78.8 Å². The first kappa shape index (κ1) is 89.6. The number of fused-ring (bicyclic) bond motifs is 6. The fourth-order valence-corrected chi connectivity index (χ4v) is 13.8. The number of nitrogens with zero attached hydrogens (tertiary/aromatic N) is 14. The van der Waals surface area contributed by atoms with E-state index in [0.29, 0.717) is 57.2 Å². The molecule has 0 aliphatic heterocycles. The van der Waals surface area contributed by atoms with Crippen LogP contribution >= 0.6 is 0 Å². The van der Waals surface area contributed by atoms with Crippen molar-refractivity contribution in [2.75, 3.05) is 30.5 Å². The highest BCUT2D eigenvalue weighted by atomic mass is 32.2. The number of hydrogen-bond acceptors (Lipinski definition) is 30. The van der Waals surface area contributed by atoms with Crippen LogP contribution in [0.1, 0.15) is 108 Å². The van der Waals surface area contributed by atoms with Gasteiger partial charge in [-0.3, -0.25) is 29.1 Å². The molecule has 38 heteroatoms. The van der Waals surface area contributed by atoms with Crippen molar-refractivity contribution in [3.05, 3.63) is 340 Å². The van der Waals surface area contributed by atoms with Gasteiger partial charge >= 0.3 is 50.2 Å². The number of nitrogens with one attached hydrogen (secondary N) is 2. The summed E-state index contributed by atoms with van der Waals surface area (Å²) in [4.78, 5) is 155. The Balaban J connectivity index is 0.000000147. The van der Waals surface area contributed by atoms with Gasteiger partial charge in [-0.25, -0.2) is 54.3 Å². The summed E-state index contributed by atoms with van der Waals surface area (Å²) in [6.45, 7) is 12.2. The van der Waals surface area contributed by atoms with Crippen LogP contribution in [0.25, 0.3) is 65.7 Å². The zero-order valence-corrected chi connectivity index (χ0v) is 70.2. The molecule has 3 N–H and O–H groups in total. The van der Waals surface area contributed by atoms with Crippen LogP contribution < -0.4 is 56.4 Å². The molecule has 0 fully saturated rings. The maximum Gasteiger partial charge on any atom is 0.534 e. The number of carbonyl (C=O) groups excluding carboxylic acids is 3. The fraction of sp³-hybridized carbons (Fsp3) is 0.189. The second-order valence-electron chi connectivity index (χ2n) is 27.7. The summed E-state index contributed by atoms with van der Waals surface area (Å²) in [5.74, 6) is -4.83. The van der Waals surface area contributed by atoms with Gasteiger partial charge in [0.25, 0.3) is 5.56 Å². The van der Waals surface area contributed by atoms with E-state index in [1.54, 1.807) is 70.4 Å². The molecule has 0 saturated heterocycles. The number of rotatable bonds is 26. The van der Waals surface area contributed by atoms with Crippen LogP contribution in [0.3, 0.4) is 0 Å². The zero-order valence-electron chi connectivity index (χ0n) is 69.4. The summed E-state index contributed by atoms with van der Waals surface area (Å²) in [7, 11) is -6.27. The number of aromatic hydroxyl groups is 1. The van der Waals surface area contributed by atoms with Crippen molar-refractivity contribution in [3.8, 4) is 11.5 Å². The summed E-state index contributed by atoms with van der Waals surface area (Å²) in [6.07, 6.45) is 12.3. The van der Waals surface area contributed by atoms with Gasteiger partial charge in [-0.2, -0.15) is 21.6 Å². The van der Waals surface area contributed by atoms with Gasteiger partial charge in [0.15, 0.2) is 45.0 Å². The van der Waals surface area contributed by atoms with Crippen LogP contribution in [0.4, 0.5) is 24.5 Å². The number of anilines is 2. The number of aromatic nitrogens is 14. The molecular formula is C90H79F3N16O18S. The molecule has 0 bridgehead atoms. The Hall–Kier alpha value is -16.2. The largest absolute Gasteiger partial charge is 0.534 e. The number of alkyl halides is 3. The van der Waals surface area contributed by atoms with Gasteiger partial charge < -0.3 is 53.5 Å². The van der Waals surface area contributed by atoms with Crippen molar-refractivity contribution in [2.45, 2.75) is 93.5 Å². The minimum absolute atomic E-state index is 0.0604. The maximum atomic E-state index is 13.7. The molecule has 16 rings (SSSR count). The van der Waals surface area contributed by atoms with E-state index in [2.05, 4.69) is 70.7 Å². The molecule has 0 radical (unpaired) electrons. The highest BCUT2D eigenvalue weighted by Gasteiger charge is 2.50. The molecule has 34 nitrogen and oxygen atoms in total. The lowest BCUT2D eigenvalue weighted by atomic mass is 10.1. The molecule has 0 aliphatic carbocycles. The lowest BCUT2D eigenvalue weighted by Gasteiger charge is -2.19. The predicted molar refractivity (Wildman–Crippen MR) is 464 cm³/mol. The number of benzene rings is 6.